The minimum Gasteiger partial charge on any atom is -0.394 e. The number of nitrogens with one attached hydrogen (secondary N) is 3. The summed E-state index contributed by atoms with van der Waals surface area (Å²) in [6.45, 7) is -0.166. The number of carbonyl (C=O) groups excluding carboxylic acids is 1. The van der Waals surface area contributed by atoms with E-state index in [1.807, 2.05) is 42.5 Å². The number of hydrogen-bond donors (Lipinski definition) is 4. The highest BCUT2D eigenvalue weighted by Gasteiger charge is 2.27. The summed E-state index contributed by atoms with van der Waals surface area (Å²) in [5.41, 5.74) is 1.91. The summed E-state index contributed by atoms with van der Waals surface area (Å²) in [6, 6.07) is 15.4. The van der Waals surface area contributed by atoms with Gasteiger partial charge in [0.1, 0.15) is 6.04 Å². The van der Waals surface area contributed by atoms with E-state index >= 15 is 0 Å². The van der Waals surface area contributed by atoms with Crippen molar-refractivity contribution < 1.29 is 18.3 Å². The molecule has 0 saturated carbocycles. The number of hydrogen-bond acceptors (Lipinski definition) is 6. The van der Waals surface area contributed by atoms with Crippen molar-refractivity contribution in [3.63, 3.8) is 0 Å². The molecule has 0 aliphatic rings. The molecule has 1 amide bonds. The van der Waals surface area contributed by atoms with Crippen LogP contribution in [0.4, 0.5) is 5.69 Å². The van der Waals surface area contributed by atoms with Crippen LogP contribution in [0.15, 0.2) is 78.0 Å². The van der Waals surface area contributed by atoms with Crippen LogP contribution in [0.2, 0.25) is 10.0 Å². The highest BCUT2D eigenvalue weighted by molar-refractivity contribution is 7.89. The zero-order chi connectivity index (χ0) is 25.3. The number of halogens is 2. The Hall–Kier alpha value is -2.69. The number of aliphatic hydroxyl groups excluding tert-OH is 1. The summed E-state index contributed by atoms with van der Waals surface area (Å²) in [4.78, 5) is 16.8. The summed E-state index contributed by atoms with van der Waals surface area (Å²) < 4.78 is 27.8. The van der Waals surface area contributed by atoms with Crippen molar-refractivity contribution in [3.8, 4) is 0 Å². The second kappa shape index (κ2) is 12.9. The van der Waals surface area contributed by atoms with E-state index < -0.39 is 28.6 Å². The third-order valence-corrected chi connectivity index (χ3v) is 7.38. The topological polar surface area (TPSA) is 120 Å². The van der Waals surface area contributed by atoms with E-state index in [-0.39, 0.29) is 21.0 Å². The average Bonchev–Trinajstić information content (AvgIpc) is 2.85. The molecule has 186 valence electrons. The molecule has 8 nitrogen and oxygen atoms in total. The molecule has 0 saturated heterocycles. The van der Waals surface area contributed by atoms with Gasteiger partial charge in [0.25, 0.3) is 0 Å². The minimum absolute atomic E-state index is 0.0594. The SMILES string of the molecule is O=C(N[C@H](CCNc1ccncc1)Cc1ccccc1)[C@H](CO)NS(=O)(=O)c1ccc(Cl)c(Cl)c1. The van der Waals surface area contributed by atoms with Crippen LogP contribution in [-0.2, 0) is 21.2 Å². The van der Waals surface area contributed by atoms with Gasteiger partial charge >= 0.3 is 0 Å². The van der Waals surface area contributed by atoms with Crippen molar-refractivity contribution in [2.45, 2.75) is 29.8 Å². The van der Waals surface area contributed by atoms with Gasteiger partial charge in [0.15, 0.2) is 0 Å². The molecule has 2 atom stereocenters. The number of aromatic nitrogens is 1. The zero-order valence-corrected chi connectivity index (χ0v) is 21.0. The molecule has 0 aliphatic carbocycles. The highest BCUT2D eigenvalue weighted by atomic mass is 35.5. The van der Waals surface area contributed by atoms with Crippen LogP contribution in [0.25, 0.3) is 0 Å². The summed E-state index contributed by atoms with van der Waals surface area (Å²) in [6.07, 6.45) is 4.44. The molecule has 35 heavy (non-hydrogen) atoms. The van der Waals surface area contributed by atoms with Gasteiger partial charge in [-0.3, -0.25) is 9.78 Å². The van der Waals surface area contributed by atoms with Crippen LogP contribution in [0.1, 0.15) is 12.0 Å². The number of benzene rings is 2. The van der Waals surface area contributed by atoms with E-state index in [1.165, 1.54) is 18.2 Å². The summed E-state index contributed by atoms with van der Waals surface area (Å²) in [7, 11) is -4.14. The third kappa shape index (κ3) is 8.19. The molecule has 1 heterocycles. The van der Waals surface area contributed by atoms with Gasteiger partial charge in [0.05, 0.1) is 21.5 Å². The van der Waals surface area contributed by atoms with Crippen LogP contribution < -0.4 is 15.4 Å². The van der Waals surface area contributed by atoms with Crippen LogP contribution in [0, 0.1) is 0 Å². The highest BCUT2D eigenvalue weighted by Crippen LogP contribution is 2.24. The Morgan fingerprint density at radius 3 is 2.37 bits per heavy atom. The first-order valence-electron chi connectivity index (χ1n) is 10.8. The van der Waals surface area contributed by atoms with E-state index in [0.29, 0.717) is 19.4 Å². The van der Waals surface area contributed by atoms with Crippen LogP contribution in [0.5, 0.6) is 0 Å². The van der Waals surface area contributed by atoms with Crippen molar-refractivity contribution in [2.75, 3.05) is 18.5 Å². The fourth-order valence-electron chi connectivity index (χ4n) is 3.36. The molecule has 3 aromatic rings. The van der Waals surface area contributed by atoms with Crippen LogP contribution in [0.3, 0.4) is 0 Å². The van der Waals surface area contributed by atoms with Gasteiger partial charge in [0.2, 0.25) is 15.9 Å². The van der Waals surface area contributed by atoms with Gasteiger partial charge in [-0.05, 0) is 48.7 Å². The molecule has 0 spiro atoms. The fraction of sp³-hybridized carbons (Fsp3) is 0.250. The fourth-order valence-corrected chi connectivity index (χ4v) is 4.93. The molecular formula is C24H26Cl2N4O4S. The minimum atomic E-state index is -4.14. The summed E-state index contributed by atoms with van der Waals surface area (Å²) in [5, 5.41) is 16.2. The van der Waals surface area contributed by atoms with Gasteiger partial charge in [-0.2, -0.15) is 4.72 Å². The number of amides is 1. The number of rotatable bonds is 12. The zero-order valence-electron chi connectivity index (χ0n) is 18.7. The lowest BCUT2D eigenvalue weighted by atomic mass is 10.0. The number of nitrogens with zero attached hydrogens (tertiary/aromatic N) is 1. The molecule has 0 bridgehead atoms. The van der Waals surface area contributed by atoms with Crippen molar-refractivity contribution in [3.05, 3.63) is 88.7 Å². The Bertz CT molecular complexity index is 1210. The average molecular weight is 537 g/mol. The van der Waals surface area contributed by atoms with Crippen LogP contribution >= 0.6 is 23.2 Å². The lowest BCUT2D eigenvalue weighted by molar-refractivity contribution is -0.124. The van der Waals surface area contributed by atoms with Crippen molar-refractivity contribution in [2.24, 2.45) is 0 Å². The van der Waals surface area contributed by atoms with Gasteiger partial charge < -0.3 is 15.7 Å². The number of sulfonamides is 1. The molecule has 0 radical (unpaired) electrons. The van der Waals surface area contributed by atoms with Crippen molar-refractivity contribution in [1.29, 1.82) is 0 Å². The molecule has 1 aromatic heterocycles. The lowest BCUT2D eigenvalue weighted by Crippen LogP contribution is -2.52. The largest absolute Gasteiger partial charge is 0.394 e. The molecule has 3 rings (SSSR count). The number of aliphatic hydroxyl groups is 1. The Labute approximate surface area is 214 Å². The molecule has 2 aromatic carbocycles. The molecule has 11 heteroatoms. The molecule has 0 aliphatic heterocycles. The number of anilines is 1. The third-order valence-electron chi connectivity index (χ3n) is 5.17. The Kier molecular flexibility index (Phi) is 9.88. The Balaban J connectivity index is 1.68. The quantitative estimate of drug-likeness (QED) is 0.282. The molecule has 0 unspecified atom stereocenters. The maximum Gasteiger partial charge on any atom is 0.241 e. The van der Waals surface area contributed by atoms with Gasteiger partial charge in [-0.25, -0.2) is 8.42 Å². The van der Waals surface area contributed by atoms with Gasteiger partial charge in [0, 0.05) is 30.7 Å². The predicted octanol–water partition coefficient (Wildman–Crippen LogP) is 3.26. The predicted molar refractivity (Wildman–Crippen MR) is 137 cm³/mol. The second-order valence-electron chi connectivity index (χ2n) is 7.78. The van der Waals surface area contributed by atoms with Gasteiger partial charge in [-0.15, -0.1) is 0 Å². The standard InChI is InChI=1S/C24H26Cl2N4O4S/c25-21-7-6-20(15-22(21)26)35(33,34)30-23(16-31)24(32)29-19(14-17-4-2-1-3-5-17)10-13-28-18-8-11-27-12-9-18/h1-9,11-12,15,19,23,30-31H,10,13-14,16H2,(H,27,28)(H,29,32)/t19-,23+/m1/s1. The first-order valence-corrected chi connectivity index (χ1v) is 13.1. The molecule has 0 fully saturated rings. The van der Waals surface area contributed by atoms with Crippen molar-refractivity contribution >= 4 is 44.8 Å². The maximum absolute atomic E-state index is 13.0. The maximum atomic E-state index is 13.0. The smallest absolute Gasteiger partial charge is 0.241 e. The summed E-state index contributed by atoms with van der Waals surface area (Å²) >= 11 is 11.8. The Morgan fingerprint density at radius 1 is 1.00 bits per heavy atom. The van der Waals surface area contributed by atoms with Gasteiger partial charge in [-0.1, -0.05) is 53.5 Å². The van der Waals surface area contributed by atoms with Crippen LogP contribution in [-0.4, -0.2) is 49.7 Å². The van der Waals surface area contributed by atoms with E-state index in [9.17, 15) is 18.3 Å². The normalized spacial score (nSPS) is 13.1. The van der Waals surface area contributed by atoms with Crippen molar-refractivity contribution in [1.82, 2.24) is 15.0 Å². The summed E-state index contributed by atoms with van der Waals surface area (Å²) in [5.74, 6) is -0.638. The monoisotopic (exact) mass is 536 g/mol. The first kappa shape index (κ1) is 26.9. The van der Waals surface area contributed by atoms with E-state index in [1.54, 1.807) is 12.4 Å². The van der Waals surface area contributed by atoms with E-state index in [2.05, 4.69) is 20.3 Å². The second-order valence-corrected chi connectivity index (χ2v) is 10.3. The van der Waals surface area contributed by atoms with E-state index in [0.717, 1.165) is 11.3 Å². The Morgan fingerprint density at radius 2 is 1.71 bits per heavy atom. The van der Waals surface area contributed by atoms with E-state index in [4.69, 9.17) is 23.2 Å². The number of carbonyl (C=O) groups is 1. The molecule has 4 N–H and O–H groups in total. The first-order chi connectivity index (χ1) is 16.8. The number of pyridine rings is 1. The molecular weight excluding hydrogens is 511 g/mol. The lowest BCUT2D eigenvalue weighted by Gasteiger charge is -2.23.